The van der Waals surface area contributed by atoms with Crippen molar-refractivity contribution in [2.75, 3.05) is 5.73 Å². The Labute approximate surface area is 90.2 Å². The lowest BCUT2D eigenvalue weighted by Gasteiger charge is -1.99. The van der Waals surface area contributed by atoms with Gasteiger partial charge in [-0.2, -0.15) is 10.1 Å². The highest BCUT2D eigenvalue weighted by molar-refractivity contribution is 5.97. The lowest BCUT2D eigenvalue weighted by molar-refractivity contribution is 0.0945. The highest BCUT2D eigenvalue weighted by Crippen LogP contribution is 2.11. The third-order valence-electron chi connectivity index (χ3n) is 2.02. The molecule has 0 saturated heterocycles. The van der Waals surface area contributed by atoms with Gasteiger partial charge < -0.3 is 15.6 Å². The van der Waals surface area contributed by atoms with Crippen LogP contribution in [0.4, 0.5) is 5.69 Å². The van der Waals surface area contributed by atoms with Crippen molar-refractivity contribution in [2.24, 2.45) is 0 Å². The minimum atomic E-state index is -0.383. The molecular formula is C8H10N6O2. The Kier molecular flexibility index (Phi) is 2.54. The average Bonchev–Trinajstić information content (AvgIpc) is 2.88. The monoisotopic (exact) mass is 222 g/mol. The van der Waals surface area contributed by atoms with Crippen LogP contribution in [0, 0.1) is 6.92 Å². The number of nitrogens with two attached hydrogens (primary N) is 1. The van der Waals surface area contributed by atoms with Crippen molar-refractivity contribution in [1.29, 1.82) is 0 Å². The first kappa shape index (κ1) is 10.1. The quantitative estimate of drug-likeness (QED) is 0.650. The summed E-state index contributed by atoms with van der Waals surface area (Å²) in [6.07, 6.45) is 1.19. The summed E-state index contributed by atoms with van der Waals surface area (Å²) in [6.45, 7) is 1.90. The van der Waals surface area contributed by atoms with Gasteiger partial charge in [0.05, 0.1) is 17.9 Å². The maximum atomic E-state index is 11.6. The number of anilines is 1. The summed E-state index contributed by atoms with van der Waals surface area (Å²) in [5.74, 6) is 0.00540. The van der Waals surface area contributed by atoms with Gasteiger partial charge in [-0.05, 0) is 6.92 Å². The molecule has 0 aliphatic carbocycles. The molecule has 0 unspecified atom stereocenters. The number of hydrogen-bond donors (Lipinski definition) is 3. The number of nitrogens with one attached hydrogen (secondary N) is 2. The Balaban J connectivity index is 2.01. The van der Waals surface area contributed by atoms with E-state index in [9.17, 15) is 4.79 Å². The van der Waals surface area contributed by atoms with Crippen LogP contribution in [0.15, 0.2) is 10.9 Å². The topological polar surface area (TPSA) is 123 Å². The number of H-pyrrole nitrogens is 1. The predicted molar refractivity (Wildman–Crippen MR) is 53.2 cm³/mol. The number of carbonyl (C=O) groups is 1. The zero-order chi connectivity index (χ0) is 11.5. The summed E-state index contributed by atoms with van der Waals surface area (Å²) in [7, 11) is 0. The molecule has 0 aliphatic heterocycles. The van der Waals surface area contributed by atoms with Crippen molar-refractivity contribution in [3.05, 3.63) is 23.6 Å². The SMILES string of the molecule is Cc1[nH]nc(C(=O)NCc2ncon2)c1N. The zero-order valence-corrected chi connectivity index (χ0v) is 8.52. The summed E-state index contributed by atoms with van der Waals surface area (Å²) < 4.78 is 4.52. The summed E-state index contributed by atoms with van der Waals surface area (Å²) in [5.41, 5.74) is 6.81. The van der Waals surface area contributed by atoms with E-state index in [1.807, 2.05) is 0 Å². The third-order valence-corrected chi connectivity index (χ3v) is 2.02. The van der Waals surface area contributed by atoms with E-state index in [1.54, 1.807) is 6.92 Å². The fourth-order valence-corrected chi connectivity index (χ4v) is 1.12. The normalized spacial score (nSPS) is 10.3. The van der Waals surface area contributed by atoms with Crippen LogP contribution in [0.25, 0.3) is 0 Å². The van der Waals surface area contributed by atoms with Gasteiger partial charge in [0.1, 0.15) is 0 Å². The molecular weight excluding hydrogens is 212 g/mol. The van der Waals surface area contributed by atoms with Crippen LogP contribution in [0.3, 0.4) is 0 Å². The Morgan fingerprint density at radius 2 is 2.50 bits per heavy atom. The van der Waals surface area contributed by atoms with Crippen molar-refractivity contribution in [2.45, 2.75) is 13.5 Å². The second-order valence-corrected chi connectivity index (χ2v) is 3.14. The van der Waals surface area contributed by atoms with E-state index >= 15 is 0 Å². The molecule has 84 valence electrons. The standard InChI is InChI=1S/C8H10N6O2/c1-4-6(9)7(13-12-4)8(15)10-2-5-11-3-16-14-5/h3H,2,9H2,1H3,(H,10,15)(H,12,13). The van der Waals surface area contributed by atoms with E-state index in [1.165, 1.54) is 6.39 Å². The van der Waals surface area contributed by atoms with E-state index in [2.05, 4.69) is 30.2 Å². The maximum absolute atomic E-state index is 11.6. The number of nitrogen functional groups attached to an aromatic ring is 1. The van der Waals surface area contributed by atoms with Gasteiger partial charge in [-0.15, -0.1) is 0 Å². The van der Waals surface area contributed by atoms with E-state index in [0.29, 0.717) is 17.2 Å². The fraction of sp³-hybridized carbons (Fsp3) is 0.250. The molecule has 0 bridgehead atoms. The summed E-state index contributed by atoms with van der Waals surface area (Å²) in [5, 5.41) is 12.5. The van der Waals surface area contributed by atoms with Crippen molar-refractivity contribution in [1.82, 2.24) is 25.7 Å². The van der Waals surface area contributed by atoms with Gasteiger partial charge in [0.15, 0.2) is 11.5 Å². The largest absolute Gasteiger partial charge is 0.395 e. The molecule has 0 aromatic carbocycles. The lowest BCUT2D eigenvalue weighted by atomic mass is 10.3. The van der Waals surface area contributed by atoms with Gasteiger partial charge in [0.25, 0.3) is 5.91 Å². The predicted octanol–water partition coefficient (Wildman–Crippen LogP) is -0.387. The first-order chi connectivity index (χ1) is 7.68. The molecule has 0 atom stereocenters. The number of aryl methyl sites for hydroxylation is 1. The zero-order valence-electron chi connectivity index (χ0n) is 8.52. The molecule has 2 aromatic heterocycles. The second-order valence-electron chi connectivity index (χ2n) is 3.14. The van der Waals surface area contributed by atoms with Gasteiger partial charge in [0.2, 0.25) is 6.39 Å². The Morgan fingerprint density at radius 1 is 1.69 bits per heavy atom. The van der Waals surface area contributed by atoms with Gasteiger partial charge in [0, 0.05) is 0 Å². The molecule has 8 nitrogen and oxygen atoms in total. The molecule has 0 fully saturated rings. The van der Waals surface area contributed by atoms with Crippen molar-refractivity contribution >= 4 is 11.6 Å². The summed E-state index contributed by atoms with van der Waals surface area (Å²) in [4.78, 5) is 15.4. The van der Waals surface area contributed by atoms with E-state index in [-0.39, 0.29) is 18.1 Å². The van der Waals surface area contributed by atoms with Crippen LogP contribution in [-0.2, 0) is 6.54 Å². The van der Waals surface area contributed by atoms with Crippen LogP contribution in [0.5, 0.6) is 0 Å². The Morgan fingerprint density at radius 3 is 3.06 bits per heavy atom. The molecule has 1 amide bonds. The third kappa shape index (κ3) is 1.85. The number of hydrogen-bond acceptors (Lipinski definition) is 6. The minimum Gasteiger partial charge on any atom is -0.395 e. The molecule has 0 aliphatic rings. The second kappa shape index (κ2) is 4.01. The lowest BCUT2D eigenvalue weighted by Crippen LogP contribution is -2.24. The first-order valence-corrected chi connectivity index (χ1v) is 4.52. The van der Waals surface area contributed by atoms with Crippen LogP contribution < -0.4 is 11.1 Å². The van der Waals surface area contributed by atoms with E-state index in [4.69, 9.17) is 5.73 Å². The highest BCUT2D eigenvalue weighted by atomic mass is 16.5. The van der Waals surface area contributed by atoms with Crippen molar-refractivity contribution in [3.63, 3.8) is 0 Å². The average molecular weight is 222 g/mol. The Hall–Kier alpha value is -2.38. The molecule has 0 spiro atoms. The molecule has 0 saturated carbocycles. The Bertz CT molecular complexity index is 489. The maximum Gasteiger partial charge on any atom is 0.274 e. The molecule has 4 N–H and O–H groups in total. The van der Waals surface area contributed by atoms with Crippen LogP contribution in [-0.4, -0.2) is 26.2 Å². The van der Waals surface area contributed by atoms with Gasteiger partial charge >= 0.3 is 0 Å². The van der Waals surface area contributed by atoms with Gasteiger partial charge in [-0.1, -0.05) is 5.16 Å². The van der Waals surface area contributed by atoms with Crippen LogP contribution in [0.2, 0.25) is 0 Å². The summed E-state index contributed by atoms with van der Waals surface area (Å²) in [6, 6.07) is 0. The minimum absolute atomic E-state index is 0.167. The first-order valence-electron chi connectivity index (χ1n) is 4.52. The van der Waals surface area contributed by atoms with Crippen LogP contribution >= 0.6 is 0 Å². The number of carbonyl (C=O) groups excluding carboxylic acids is 1. The molecule has 8 heteroatoms. The van der Waals surface area contributed by atoms with E-state index in [0.717, 1.165) is 0 Å². The fourth-order valence-electron chi connectivity index (χ4n) is 1.12. The van der Waals surface area contributed by atoms with Crippen molar-refractivity contribution in [3.8, 4) is 0 Å². The van der Waals surface area contributed by atoms with Gasteiger partial charge in [-0.25, -0.2) is 0 Å². The van der Waals surface area contributed by atoms with Crippen molar-refractivity contribution < 1.29 is 9.32 Å². The van der Waals surface area contributed by atoms with E-state index < -0.39 is 0 Å². The van der Waals surface area contributed by atoms with Gasteiger partial charge in [-0.3, -0.25) is 9.89 Å². The number of amides is 1. The number of aromatic nitrogens is 4. The highest BCUT2D eigenvalue weighted by Gasteiger charge is 2.15. The number of rotatable bonds is 3. The summed E-state index contributed by atoms with van der Waals surface area (Å²) >= 11 is 0. The molecule has 2 rings (SSSR count). The van der Waals surface area contributed by atoms with Crippen LogP contribution in [0.1, 0.15) is 22.0 Å². The molecule has 16 heavy (non-hydrogen) atoms. The number of aromatic amines is 1. The molecule has 2 aromatic rings. The smallest absolute Gasteiger partial charge is 0.274 e. The molecule has 2 heterocycles. The number of nitrogens with zero attached hydrogens (tertiary/aromatic N) is 3. The molecule has 0 radical (unpaired) electrons.